The van der Waals surface area contributed by atoms with Gasteiger partial charge >= 0.3 is 0 Å². The SMILES string of the molecule is CN(c1ncc(C2CC2)cn1)C1CN(c2cc3c(nn2)CCC3)C1. The topological polar surface area (TPSA) is 58.0 Å². The Morgan fingerprint density at radius 3 is 2.62 bits per heavy atom. The van der Waals surface area contributed by atoms with Crippen LogP contribution in [0.15, 0.2) is 18.5 Å². The lowest BCUT2D eigenvalue weighted by molar-refractivity contribution is 0.484. The maximum Gasteiger partial charge on any atom is 0.225 e. The maximum absolute atomic E-state index is 4.56. The second-order valence-corrected chi connectivity index (χ2v) is 7.29. The van der Waals surface area contributed by atoms with Crippen molar-refractivity contribution in [2.24, 2.45) is 0 Å². The van der Waals surface area contributed by atoms with Crippen molar-refractivity contribution in [2.45, 2.75) is 44.1 Å². The summed E-state index contributed by atoms with van der Waals surface area (Å²) < 4.78 is 0. The molecule has 0 unspecified atom stereocenters. The lowest BCUT2D eigenvalue weighted by Crippen LogP contribution is -2.59. The predicted molar refractivity (Wildman–Crippen MR) is 92.5 cm³/mol. The fourth-order valence-electron chi connectivity index (χ4n) is 3.66. The minimum atomic E-state index is 0.437. The van der Waals surface area contributed by atoms with E-state index >= 15 is 0 Å². The monoisotopic (exact) mass is 322 g/mol. The third-order valence-corrected chi connectivity index (χ3v) is 5.56. The van der Waals surface area contributed by atoms with Crippen molar-refractivity contribution in [2.75, 3.05) is 29.9 Å². The van der Waals surface area contributed by atoms with Crippen molar-refractivity contribution in [3.05, 3.63) is 35.3 Å². The zero-order chi connectivity index (χ0) is 16.1. The van der Waals surface area contributed by atoms with Crippen molar-refractivity contribution in [3.63, 3.8) is 0 Å². The van der Waals surface area contributed by atoms with E-state index in [4.69, 9.17) is 0 Å². The first kappa shape index (κ1) is 14.1. The summed E-state index contributed by atoms with van der Waals surface area (Å²) in [6.45, 7) is 1.91. The molecule has 5 rings (SSSR count). The Morgan fingerprint density at radius 2 is 1.88 bits per heavy atom. The van der Waals surface area contributed by atoms with Gasteiger partial charge in [-0.05, 0) is 55.2 Å². The average Bonchev–Trinajstić information content (AvgIpc) is 3.31. The van der Waals surface area contributed by atoms with Gasteiger partial charge in [0, 0.05) is 32.5 Å². The molecule has 0 spiro atoms. The zero-order valence-corrected chi connectivity index (χ0v) is 14.0. The summed E-state index contributed by atoms with van der Waals surface area (Å²) in [5.41, 5.74) is 3.86. The molecule has 0 atom stereocenters. The second-order valence-electron chi connectivity index (χ2n) is 7.29. The highest BCUT2D eigenvalue weighted by atomic mass is 15.4. The van der Waals surface area contributed by atoms with Crippen LogP contribution in [0.2, 0.25) is 0 Å². The lowest BCUT2D eigenvalue weighted by atomic mass is 10.1. The fourth-order valence-corrected chi connectivity index (χ4v) is 3.66. The Labute approximate surface area is 141 Å². The molecule has 0 aromatic carbocycles. The number of aromatic nitrogens is 4. The van der Waals surface area contributed by atoms with Crippen molar-refractivity contribution in [3.8, 4) is 0 Å². The Hall–Kier alpha value is -2.24. The van der Waals surface area contributed by atoms with E-state index in [0.717, 1.165) is 37.7 Å². The van der Waals surface area contributed by atoms with E-state index in [1.165, 1.54) is 36.1 Å². The van der Waals surface area contributed by atoms with Crippen LogP contribution < -0.4 is 9.80 Å². The summed E-state index contributed by atoms with van der Waals surface area (Å²) in [6, 6.07) is 2.67. The molecule has 2 aliphatic carbocycles. The molecule has 1 saturated carbocycles. The molecule has 0 amide bonds. The summed E-state index contributed by atoms with van der Waals surface area (Å²) in [5, 5.41) is 8.80. The largest absolute Gasteiger partial charge is 0.351 e. The highest BCUT2D eigenvalue weighted by molar-refractivity contribution is 5.48. The summed E-state index contributed by atoms with van der Waals surface area (Å²) in [7, 11) is 2.09. The molecular formula is C18H22N6. The number of likely N-dealkylation sites (N-methyl/N-ethyl adjacent to an activating group) is 1. The van der Waals surface area contributed by atoms with Crippen LogP contribution >= 0.6 is 0 Å². The molecule has 2 aromatic heterocycles. The molecule has 1 aliphatic heterocycles. The first-order valence-corrected chi connectivity index (χ1v) is 8.93. The Morgan fingerprint density at radius 1 is 1.08 bits per heavy atom. The van der Waals surface area contributed by atoms with E-state index in [0.29, 0.717) is 12.0 Å². The highest BCUT2D eigenvalue weighted by Gasteiger charge is 2.33. The van der Waals surface area contributed by atoms with E-state index in [9.17, 15) is 0 Å². The van der Waals surface area contributed by atoms with Crippen LogP contribution in [0.25, 0.3) is 0 Å². The number of hydrogen-bond acceptors (Lipinski definition) is 6. The van der Waals surface area contributed by atoms with Gasteiger partial charge in [0.1, 0.15) is 0 Å². The van der Waals surface area contributed by atoms with Gasteiger partial charge in [0.05, 0.1) is 11.7 Å². The van der Waals surface area contributed by atoms with Crippen LogP contribution in [-0.4, -0.2) is 46.3 Å². The van der Waals surface area contributed by atoms with Crippen LogP contribution in [0.5, 0.6) is 0 Å². The van der Waals surface area contributed by atoms with Gasteiger partial charge in [-0.15, -0.1) is 5.10 Å². The Kier molecular flexibility index (Phi) is 3.18. The maximum atomic E-state index is 4.56. The summed E-state index contributed by atoms with van der Waals surface area (Å²) >= 11 is 0. The Balaban J connectivity index is 1.24. The van der Waals surface area contributed by atoms with Gasteiger partial charge in [-0.2, -0.15) is 5.10 Å². The van der Waals surface area contributed by atoms with Crippen LogP contribution in [-0.2, 0) is 12.8 Å². The minimum Gasteiger partial charge on any atom is -0.351 e. The first-order valence-electron chi connectivity index (χ1n) is 8.93. The first-order chi connectivity index (χ1) is 11.8. The average molecular weight is 322 g/mol. The summed E-state index contributed by atoms with van der Waals surface area (Å²) in [4.78, 5) is 13.6. The molecule has 1 saturated heterocycles. The van der Waals surface area contributed by atoms with E-state index in [-0.39, 0.29) is 0 Å². The van der Waals surface area contributed by atoms with Crippen LogP contribution in [0.4, 0.5) is 11.8 Å². The standard InChI is InChI=1S/C18H22N6/c1-23(18-19-8-14(9-20-18)12-5-6-12)15-10-24(11-15)17-7-13-3-2-4-16(13)21-22-17/h7-9,12,15H,2-6,10-11H2,1H3. The van der Waals surface area contributed by atoms with E-state index in [1.807, 2.05) is 12.4 Å². The van der Waals surface area contributed by atoms with E-state index in [1.54, 1.807) is 0 Å². The van der Waals surface area contributed by atoms with Crippen LogP contribution in [0, 0.1) is 0 Å². The fraction of sp³-hybridized carbons (Fsp3) is 0.556. The zero-order valence-electron chi connectivity index (χ0n) is 14.0. The number of anilines is 2. The lowest BCUT2D eigenvalue weighted by Gasteiger charge is -2.44. The smallest absolute Gasteiger partial charge is 0.225 e. The van der Waals surface area contributed by atoms with Crippen molar-refractivity contribution in [1.82, 2.24) is 20.2 Å². The highest BCUT2D eigenvalue weighted by Crippen LogP contribution is 2.39. The summed E-state index contributed by atoms with van der Waals surface area (Å²) in [5.74, 6) is 2.55. The van der Waals surface area contributed by atoms with Gasteiger partial charge in [-0.1, -0.05) is 0 Å². The predicted octanol–water partition coefficient (Wildman–Crippen LogP) is 1.96. The van der Waals surface area contributed by atoms with Gasteiger partial charge in [0.2, 0.25) is 5.95 Å². The third kappa shape index (κ3) is 2.41. The molecule has 3 heterocycles. The van der Waals surface area contributed by atoms with Gasteiger partial charge in [0.25, 0.3) is 0 Å². The number of hydrogen-bond donors (Lipinski definition) is 0. The molecule has 124 valence electrons. The Bertz CT molecular complexity index is 749. The van der Waals surface area contributed by atoms with Crippen molar-refractivity contribution >= 4 is 11.8 Å². The van der Waals surface area contributed by atoms with E-state index in [2.05, 4.69) is 43.1 Å². The molecule has 0 bridgehead atoms. The molecule has 0 N–H and O–H groups in total. The van der Waals surface area contributed by atoms with Gasteiger partial charge in [-0.25, -0.2) is 9.97 Å². The number of fused-ring (bicyclic) bond motifs is 1. The molecular weight excluding hydrogens is 300 g/mol. The molecule has 2 aromatic rings. The number of nitrogens with zero attached hydrogens (tertiary/aromatic N) is 6. The van der Waals surface area contributed by atoms with Crippen LogP contribution in [0.3, 0.4) is 0 Å². The van der Waals surface area contributed by atoms with Crippen molar-refractivity contribution in [1.29, 1.82) is 0 Å². The van der Waals surface area contributed by atoms with Crippen molar-refractivity contribution < 1.29 is 0 Å². The molecule has 3 aliphatic rings. The molecule has 24 heavy (non-hydrogen) atoms. The third-order valence-electron chi connectivity index (χ3n) is 5.56. The minimum absolute atomic E-state index is 0.437. The van der Waals surface area contributed by atoms with E-state index < -0.39 is 0 Å². The number of rotatable bonds is 4. The second kappa shape index (κ2) is 5.40. The molecule has 6 heteroatoms. The number of aryl methyl sites for hydroxylation is 2. The van der Waals surface area contributed by atoms with Gasteiger partial charge in [-0.3, -0.25) is 0 Å². The molecule has 0 radical (unpaired) electrons. The van der Waals surface area contributed by atoms with Crippen LogP contribution in [0.1, 0.15) is 42.0 Å². The normalized spacial score (nSPS) is 20.0. The molecule has 2 fully saturated rings. The molecule has 6 nitrogen and oxygen atoms in total. The quantitative estimate of drug-likeness (QED) is 0.857. The van der Waals surface area contributed by atoms with Gasteiger partial charge in [0.15, 0.2) is 5.82 Å². The van der Waals surface area contributed by atoms with Gasteiger partial charge < -0.3 is 9.80 Å². The summed E-state index contributed by atoms with van der Waals surface area (Å²) in [6.07, 6.45) is 10.0.